The van der Waals surface area contributed by atoms with Crippen molar-refractivity contribution < 1.29 is 4.79 Å². The maximum Gasteiger partial charge on any atom is 0.153 e. The van der Waals surface area contributed by atoms with Gasteiger partial charge in [0.25, 0.3) is 0 Å². The van der Waals surface area contributed by atoms with Gasteiger partial charge in [0.1, 0.15) is 0 Å². The van der Waals surface area contributed by atoms with Crippen LogP contribution >= 0.6 is 23.2 Å². The average Bonchev–Trinajstić information content (AvgIpc) is 2.91. The molecule has 0 spiro atoms. The van der Waals surface area contributed by atoms with E-state index in [9.17, 15) is 4.79 Å². The van der Waals surface area contributed by atoms with Crippen LogP contribution in [0.1, 0.15) is 21.6 Å². The van der Waals surface area contributed by atoms with E-state index in [1.807, 2.05) is 30.3 Å². The highest BCUT2D eigenvalue weighted by Crippen LogP contribution is 2.25. The fraction of sp³-hybridized carbons (Fsp3) is 0.0588. The van der Waals surface area contributed by atoms with Crippen molar-refractivity contribution in [2.24, 2.45) is 0 Å². The molecule has 0 unspecified atom stereocenters. The Labute approximate surface area is 138 Å². The highest BCUT2D eigenvalue weighted by Gasteiger charge is 2.12. The number of hydrogen-bond acceptors (Lipinski definition) is 2. The predicted molar refractivity (Wildman–Crippen MR) is 88.2 cm³/mol. The number of aromatic nitrogens is 2. The summed E-state index contributed by atoms with van der Waals surface area (Å²) in [6, 6.07) is 15.0. The second-order valence-corrected chi connectivity index (χ2v) is 5.70. The van der Waals surface area contributed by atoms with Gasteiger partial charge in [-0.25, -0.2) is 4.68 Å². The molecule has 3 nitrogen and oxygen atoms in total. The third kappa shape index (κ3) is 3.06. The number of hydrogen-bond donors (Lipinski definition) is 0. The molecule has 1 heterocycles. The molecule has 0 N–H and O–H groups in total. The van der Waals surface area contributed by atoms with E-state index in [-0.39, 0.29) is 0 Å². The summed E-state index contributed by atoms with van der Waals surface area (Å²) < 4.78 is 1.61. The van der Waals surface area contributed by atoms with Crippen molar-refractivity contribution in [2.45, 2.75) is 6.42 Å². The molecule has 3 aromatic rings. The Bertz CT molecular complexity index is 813. The van der Waals surface area contributed by atoms with Crippen LogP contribution in [0, 0.1) is 0 Å². The van der Waals surface area contributed by atoms with Crippen molar-refractivity contribution in [1.29, 1.82) is 0 Å². The van der Waals surface area contributed by atoms with E-state index in [0.717, 1.165) is 11.8 Å². The fourth-order valence-electron chi connectivity index (χ4n) is 2.24. The number of rotatable bonds is 4. The molecule has 0 saturated heterocycles. The molecule has 1 aromatic heterocycles. The van der Waals surface area contributed by atoms with Crippen molar-refractivity contribution in [3.05, 3.63) is 81.6 Å². The maximum absolute atomic E-state index is 11.3. The van der Waals surface area contributed by atoms with Crippen LogP contribution in [-0.4, -0.2) is 16.1 Å². The van der Waals surface area contributed by atoms with Gasteiger partial charge in [0.15, 0.2) is 6.29 Å². The zero-order valence-corrected chi connectivity index (χ0v) is 13.1. The molecule has 0 amide bonds. The fourth-order valence-corrected chi connectivity index (χ4v) is 2.73. The zero-order valence-electron chi connectivity index (χ0n) is 11.5. The lowest BCUT2D eigenvalue weighted by Gasteiger charge is -2.04. The summed E-state index contributed by atoms with van der Waals surface area (Å²) in [7, 11) is 0. The summed E-state index contributed by atoms with van der Waals surface area (Å²) in [6.07, 6.45) is 3.08. The first-order valence-corrected chi connectivity index (χ1v) is 7.46. The van der Waals surface area contributed by atoms with E-state index in [0.29, 0.717) is 33.4 Å². The van der Waals surface area contributed by atoms with Gasteiger partial charge >= 0.3 is 0 Å². The molecule has 0 radical (unpaired) electrons. The van der Waals surface area contributed by atoms with E-state index in [4.69, 9.17) is 23.2 Å². The normalized spacial score (nSPS) is 10.6. The minimum atomic E-state index is 0.485. The molecular formula is C17H12Cl2N2O. The van der Waals surface area contributed by atoms with Crippen LogP contribution in [0.4, 0.5) is 0 Å². The summed E-state index contributed by atoms with van der Waals surface area (Å²) in [6.45, 7) is 0. The quantitative estimate of drug-likeness (QED) is 0.656. The average molecular weight is 331 g/mol. The molecule has 0 aliphatic carbocycles. The van der Waals surface area contributed by atoms with Gasteiger partial charge in [0.2, 0.25) is 0 Å². The maximum atomic E-state index is 11.3. The molecule has 0 aliphatic rings. The third-order valence-corrected chi connectivity index (χ3v) is 3.86. The Kier molecular flexibility index (Phi) is 4.27. The Morgan fingerprint density at radius 1 is 1.09 bits per heavy atom. The first-order chi connectivity index (χ1) is 10.7. The molecule has 0 aliphatic heterocycles. The molecule has 22 heavy (non-hydrogen) atoms. The number of nitrogens with zero attached hydrogens (tertiary/aromatic N) is 2. The number of carbonyl (C=O) groups excluding carboxylic acids is 1. The molecule has 0 saturated carbocycles. The Balaban J connectivity index is 1.99. The lowest BCUT2D eigenvalue weighted by molar-refractivity contribution is 0.112. The van der Waals surface area contributed by atoms with E-state index in [1.165, 1.54) is 0 Å². The Morgan fingerprint density at radius 3 is 2.55 bits per heavy atom. The van der Waals surface area contributed by atoms with Crippen molar-refractivity contribution in [1.82, 2.24) is 9.78 Å². The van der Waals surface area contributed by atoms with Gasteiger partial charge in [-0.1, -0.05) is 53.5 Å². The summed E-state index contributed by atoms with van der Waals surface area (Å²) in [5.41, 5.74) is 3.05. The first kappa shape index (κ1) is 14.8. The van der Waals surface area contributed by atoms with E-state index >= 15 is 0 Å². The van der Waals surface area contributed by atoms with Crippen LogP contribution in [0.25, 0.3) is 5.69 Å². The van der Waals surface area contributed by atoms with Crippen LogP contribution in [0.2, 0.25) is 10.0 Å². The van der Waals surface area contributed by atoms with Gasteiger partial charge in [0, 0.05) is 17.6 Å². The van der Waals surface area contributed by atoms with Crippen molar-refractivity contribution in [2.75, 3.05) is 0 Å². The minimum absolute atomic E-state index is 0.485. The summed E-state index contributed by atoms with van der Waals surface area (Å²) in [5.74, 6) is 0. The monoisotopic (exact) mass is 330 g/mol. The highest BCUT2D eigenvalue weighted by molar-refractivity contribution is 6.35. The van der Waals surface area contributed by atoms with Gasteiger partial charge < -0.3 is 0 Å². The van der Waals surface area contributed by atoms with E-state index < -0.39 is 0 Å². The number of carbonyl (C=O) groups is 1. The van der Waals surface area contributed by atoms with E-state index in [2.05, 4.69) is 5.10 Å². The smallest absolute Gasteiger partial charge is 0.153 e. The molecule has 0 bridgehead atoms. The Morgan fingerprint density at radius 2 is 1.86 bits per heavy atom. The number of halogens is 2. The molecule has 0 atom stereocenters. The largest absolute Gasteiger partial charge is 0.298 e. The van der Waals surface area contributed by atoms with Crippen LogP contribution in [0.3, 0.4) is 0 Å². The summed E-state index contributed by atoms with van der Waals surface area (Å²) in [5, 5.41) is 5.54. The van der Waals surface area contributed by atoms with Gasteiger partial charge in [-0.15, -0.1) is 0 Å². The Hall–Kier alpha value is -2.10. The van der Waals surface area contributed by atoms with Crippen LogP contribution in [0.5, 0.6) is 0 Å². The highest BCUT2D eigenvalue weighted by atomic mass is 35.5. The molecule has 0 fully saturated rings. The predicted octanol–water partition coefficient (Wildman–Crippen LogP) is 4.58. The van der Waals surface area contributed by atoms with Crippen LogP contribution < -0.4 is 0 Å². The molecule has 2 aromatic carbocycles. The van der Waals surface area contributed by atoms with Gasteiger partial charge in [0.05, 0.1) is 22.0 Å². The summed E-state index contributed by atoms with van der Waals surface area (Å²) in [4.78, 5) is 11.3. The molecule has 3 rings (SSSR count). The molecule has 5 heteroatoms. The first-order valence-electron chi connectivity index (χ1n) is 6.70. The molecule has 110 valence electrons. The van der Waals surface area contributed by atoms with Gasteiger partial charge in [-0.2, -0.15) is 5.10 Å². The standard InChI is InChI=1S/C17H12Cl2N2O/c18-14-6-7-17(15(19)9-14)21-10-13(11-22)16(20-21)8-12-4-2-1-3-5-12/h1-7,9-11H,8H2. The van der Waals surface area contributed by atoms with E-state index in [1.54, 1.807) is 29.1 Å². The second kappa shape index (κ2) is 6.34. The number of aldehydes is 1. The van der Waals surface area contributed by atoms with Crippen LogP contribution in [-0.2, 0) is 6.42 Å². The third-order valence-electron chi connectivity index (χ3n) is 3.32. The van der Waals surface area contributed by atoms with Crippen molar-refractivity contribution >= 4 is 29.5 Å². The summed E-state index contributed by atoms with van der Waals surface area (Å²) >= 11 is 12.1. The SMILES string of the molecule is O=Cc1cn(-c2ccc(Cl)cc2Cl)nc1Cc1ccccc1. The molecular weight excluding hydrogens is 319 g/mol. The lowest BCUT2D eigenvalue weighted by Crippen LogP contribution is -1.98. The zero-order chi connectivity index (χ0) is 15.5. The number of benzene rings is 2. The topological polar surface area (TPSA) is 34.9 Å². The van der Waals surface area contributed by atoms with Crippen molar-refractivity contribution in [3.63, 3.8) is 0 Å². The van der Waals surface area contributed by atoms with Crippen molar-refractivity contribution in [3.8, 4) is 5.69 Å². The van der Waals surface area contributed by atoms with Gasteiger partial charge in [-0.3, -0.25) is 4.79 Å². The van der Waals surface area contributed by atoms with Gasteiger partial charge in [-0.05, 0) is 23.8 Å². The van der Waals surface area contributed by atoms with Crippen LogP contribution in [0.15, 0.2) is 54.7 Å². The lowest BCUT2D eigenvalue weighted by atomic mass is 10.1. The second-order valence-electron chi connectivity index (χ2n) is 4.85. The minimum Gasteiger partial charge on any atom is -0.298 e.